The zero-order chi connectivity index (χ0) is 21.1. The van der Waals surface area contributed by atoms with Crippen LogP contribution in [-0.4, -0.2) is 36.1 Å². The molecule has 0 aliphatic carbocycles. The Hall–Kier alpha value is -3.08. The number of para-hydroxylation sites is 1. The molecule has 1 heterocycles. The molecule has 3 rings (SSSR count). The normalized spacial score (nSPS) is 16.0. The van der Waals surface area contributed by atoms with Gasteiger partial charge in [-0.05, 0) is 65.4 Å². The van der Waals surface area contributed by atoms with Crippen molar-refractivity contribution < 1.29 is 29.0 Å². The van der Waals surface area contributed by atoms with Crippen LogP contribution in [0.1, 0.15) is 12.5 Å². The van der Waals surface area contributed by atoms with Crippen LogP contribution in [0.15, 0.2) is 48.0 Å². The van der Waals surface area contributed by atoms with Crippen LogP contribution in [-0.2, 0) is 14.4 Å². The Bertz CT molecular complexity index is 1010. The summed E-state index contributed by atoms with van der Waals surface area (Å²) in [5.41, 5.74) is 3.59. The van der Waals surface area contributed by atoms with Crippen molar-refractivity contribution in [2.75, 3.05) is 12.1 Å². The van der Waals surface area contributed by atoms with Crippen LogP contribution in [0.25, 0.3) is 6.08 Å². The molecule has 0 saturated carbocycles. The largest absolute Gasteiger partial charge is 0.493 e. The minimum Gasteiger partial charge on any atom is -0.493 e. The van der Waals surface area contributed by atoms with Crippen molar-refractivity contribution in [2.45, 2.75) is 13.0 Å². The summed E-state index contributed by atoms with van der Waals surface area (Å²) in [5.74, 6) is -1.54. The van der Waals surface area contributed by atoms with Crippen LogP contribution in [0.4, 0.5) is 5.69 Å². The number of amides is 2. The van der Waals surface area contributed by atoms with Crippen molar-refractivity contribution in [3.8, 4) is 11.5 Å². The number of nitrogens with zero attached hydrogens (tertiary/aromatic N) is 1. The number of hydrazine groups is 1. The first-order valence-electron chi connectivity index (χ1n) is 8.51. The lowest BCUT2D eigenvalue weighted by atomic mass is 10.1. The molecule has 1 aliphatic heterocycles. The van der Waals surface area contributed by atoms with E-state index in [1.807, 2.05) is 28.7 Å². The van der Waals surface area contributed by atoms with Gasteiger partial charge in [-0.15, -0.1) is 0 Å². The maximum absolute atomic E-state index is 12.7. The number of carboxylic acids is 1. The Balaban J connectivity index is 1.94. The minimum absolute atomic E-state index is 0.0284. The molecule has 0 bridgehead atoms. The Morgan fingerprint density at radius 1 is 1.24 bits per heavy atom. The topological polar surface area (TPSA) is 105 Å². The lowest BCUT2D eigenvalue weighted by Crippen LogP contribution is -2.35. The van der Waals surface area contributed by atoms with Gasteiger partial charge in [0.1, 0.15) is 5.57 Å². The van der Waals surface area contributed by atoms with E-state index in [1.165, 1.54) is 25.1 Å². The number of methoxy groups -OCH3 is 1. The zero-order valence-electron chi connectivity index (χ0n) is 15.5. The lowest BCUT2D eigenvalue weighted by molar-refractivity contribution is -0.144. The zero-order valence-corrected chi connectivity index (χ0v) is 17.7. The van der Waals surface area contributed by atoms with E-state index in [1.54, 1.807) is 36.4 Å². The molecule has 29 heavy (non-hydrogen) atoms. The second kappa shape index (κ2) is 8.52. The molecule has 0 spiro atoms. The van der Waals surface area contributed by atoms with Crippen LogP contribution in [0.3, 0.4) is 0 Å². The third kappa shape index (κ3) is 4.34. The SMILES string of the molecule is COc1cc(/C=C2/C(=O)NN(c3ccccc3)C2=O)cc(I)c1O[C@H](C)C(=O)O. The number of hydrogen-bond donors (Lipinski definition) is 2. The fourth-order valence-electron chi connectivity index (χ4n) is 2.65. The molecule has 9 heteroatoms. The summed E-state index contributed by atoms with van der Waals surface area (Å²) in [6.07, 6.45) is 0.388. The summed E-state index contributed by atoms with van der Waals surface area (Å²) >= 11 is 1.98. The molecule has 2 aromatic rings. The van der Waals surface area contributed by atoms with E-state index in [-0.39, 0.29) is 11.3 Å². The molecule has 1 aliphatic rings. The Kier molecular flexibility index (Phi) is 6.06. The standard InChI is InChI=1S/C20H17IN2O6/c1-11(20(26)27)29-17-15(21)9-12(10-16(17)28-2)8-14-18(24)22-23(19(14)25)13-6-4-3-5-7-13/h3-11H,1-2H3,(H,22,24)(H,26,27)/b14-8-/t11-/m1/s1. The van der Waals surface area contributed by atoms with Crippen molar-refractivity contribution in [1.29, 1.82) is 0 Å². The van der Waals surface area contributed by atoms with E-state index in [0.717, 1.165) is 0 Å². The smallest absolute Gasteiger partial charge is 0.344 e. The third-order valence-corrected chi connectivity index (χ3v) is 4.91. The number of aliphatic carboxylic acids is 1. The quantitative estimate of drug-likeness (QED) is 0.353. The van der Waals surface area contributed by atoms with E-state index in [9.17, 15) is 14.4 Å². The second-order valence-corrected chi connectivity index (χ2v) is 7.27. The van der Waals surface area contributed by atoms with E-state index in [0.29, 0.717) is 20.6 Å². The van der Waals surface area contributed by atoms with Crippen molar-refractivity contribution in [3.05, 3.63) is 57.2 Å². The predicted octanol–water partition coefficient (Wildman–Crippen LogP) is 2.61. The number of ether oxygens (including phenoxy) is 2. The van der Waals surface area contributed by atoms with Crippen molar-refractivity contribution in [3.63, 3.8) is 0 Å². The molecule has 1 saturated heterocycles. The second-order valence-electron chi connectivity index (χ2n) is 6.11. The van der Waals surface area contributed by atoms with E-state index in [4.69, 9.17) is 14.6 Å². The highest BCUT2D eigenvalue weighted by molar-refractivity contribution is 14.1. The van der Waals surface area contributed by atoms with Crippen molar-refractivity contribution in [1.82, 2.24) is 5.43 Å². The third-order valence-electron chi connectivity index (χ3n) is 4.11. The van der Waals surface area contributed by atoms with Gasteiger partial charge in [0.15, 0.2) is 17.6 Å². The van der Waals surface area contributed by atoms with Crippen LogP contribution < -0.4 is 19.9 Å². The average Bonchev–Trinajstić information content (AvgIpc) is 2.98. The van der Waals surface area contributed by atoms with E-state index in [2.05, 4.69) is 5.43 Å². The van der Waals surface area contributed by atoms with E-state index >= 15 is 0 Å². The molecule has 0 radical (unpaired) electrons. The summed E-state index contributed by atoms with van der Waals surface area (Å²) in [5, 5.41) is 10.2. The number of nitrogens with one attached hydrogen (secondary N) is 1. The molecular weight excluding hydrogens is 491 g/mol. The first kappa shape index (κ1) is 20.6. The van der Waals surface area contributed by atoms with Crippen LogP contribution in [0.2, 0.25) is 0 Å². The van der Waals surface area contributed by atoms with Gasteiger partial charge < -0.3 is 14.6 Å². The highest BCUT2D eigenvalue weighted by Crippen LogP contribution is 2.35. The summed E-state index contributed by atoms with van der Waals surface area (Å²) in [6.45, 7) is 1.41. The highest BCUT2D eigenvalue weighted by Gasteiger charge is 2.34. The molecule has 2 aromatic carbocycles. The van der Waals surface area contributed by atoms with Gasteiger partial charge in [0, 0.05) is 0 Å². The van der Waals surface area contributed by atoms with E-state index < -0.39 is 23.9 Å². The average molecular weight is 508 g/mol. The summed E-state index contributed by atoms with van der Waals surface area (Å²) in [6, 6.07) is 12.0. The Morgan fingerprint density at radius 3 is 2.55 bits per heavy atom. The highest BCUT2D eigenvalue weighted by atomic mass is 127. The van der Waals surface area contributed by atoms with Crippen LogP contribution >= 0.6 is 22.6 Å². The molecular formula is C20H17IN2O6. The fraction of sp³-hybridized carbons (Fsp3) is 0.150. The number of rotatable bonds is 6. The maximum atomic E-state index is 12.7. The fourth-order valence-corrected chi connectivity index (χ4v) is 3.40. The van der Waals surface area contributed by atoms with Gasteiger partial charge in [0.05, 0.1) is 16.4 Å². The molecule has 150 valence electrons. The Labute approximate surface area is 180 Å². The number of carboxylic acid groups (broad SMARTS) is 1. The first-order valence-corrected chi connectivity index (χ1v) is 9.59. The number of halogens is 1. The predicted molar refractivity (Wildman–Crippen MR) is 113 cm³/mol. The number of benzene rings is 2. The van der Waals surface area contributed by atoms with Crippen LogP contribution in [0, 0.1) is 3.57 Å². The number of carbonyl (C=O) groups is 3. The van der Waals surface area contributed by atoms with Gasteiger partial charge in [-0.25, -0.2) is 9.80 Å². The van der Waals surface area contributed by atoms with Gasteiger partial charge in [-0.2, -0.15) is 0 Å². The van der Waals surface area contributed by atoms with Crippen LogP contribution in [0.5, 0.6) is 11.5 Å². The summed E-state index contributed by atoms with van der Waals surface area (Å²) in [4.78, 5) is 36.1. The molecule has 2 N–H and O–H groups in total. The number of carbonyl (C=O) groups excluding carboxylic acids is 2. The van der Waals surface area contributed by atoms with Gasteiger partial charge >= 0.3 is 5.97 Å². The Morgan fingerprint density at radius 2 is 1.93 bits per heavy atom. The molecule has 0 aromatic heterocycles. The lowest BCUT2D eigenvalue weighted by Gasteiger charge is -2.16. The molecule has 1 atom stereocenters. The maximum Gasteiger partial charge on any atom is 0.344 e. The van der Waals surface area contributed by atoms with Gasteiger partial charge in [0.2, 0.25) is 0 Å². The van der Waals surface area contributed by atoms with Gasteiger partial charge in [-0.1, -0.05) is 18.2 Å². The van der Waals surface area contributed by atoms with Crippen molar-refractivity contribution in [2.24, 2.45) is 0 Å². The number of hydrogen-bond acceptors (Lipinski definition) is 5. The molecule has 0 unspecified atom stereocenters. The minimum atomic E-state index is -1.11. The first-order chi connectivity index (χ1) is 13.8. The summed E-state index contributed by atoms with van der Waals surface area (Å²) in [7, 11) is 1.42. The van der Waals surface area contributed by atoms with Crippen molar-refractivity contribution >= 4 is 52.1 Å². The van der Waals surface area contributed by atoms with Gasteiger partial charge in [0.25, 0.3) is 11.8 Å². The number of anilines is 1. The van der Waals surface area contributed by atoms with Gasteiger partial charge in [-0.3, -0.25) is 15.0 Å². The summed E-state index contributed by atoms with van der Waals surface area (Å²) < 4.78 is 11.3. The molecule has 8 nitrogen and oxygen atoms in total. The molecule has 1 fully saturated rings. The molecule has 2 amide bonds. The monoisotopic (exact) mass is 508 g/mol.